The van der Waals surface area contributed by atoms with E-state index in [2.05, 4.69) is 13.8 Å². The van der Waals surface area contributed by atoms with Crippen LogP contribution in [0.25, 0.3) is 0 Å². The number of carbonyl (C=O) groups is 1. The Hall–Kier alpha value is -0.460. The summed E-state index contributed by atoms with van der Waals surface area (Å²) >= 11 is 0. The monoisotopic (exact) mass is 361 g/mol. The van der Waals surface area contributed by atoms with Gasteiger partial charge >= 0.3 is 0 Å². The number of hydrogen-bond donors (Lipinski definition) is 2. The molecule has 2 rings (SSSR count). The maximum absolute atomic E-state index is 11.9. The lowest BCUT2D eigenvalue weighted by Gasteiger charge is -2.35. The molecule has 3 N–H and O–H groups in total. The zero-order valence-electron chi connectivity index (χ0n) is 15.7. The third kappa shape index (κ3) is 4.58. The van der Waals surface area contributed by atoms with Gasteiger partial charge in [-0.2, -0.15) is 8.42 Å². The Morgan fingerprint density at radius 1 is 1.25 bits per heavy atom. The van der Waals surface area contributed by atoms with E-state index in [1.54, 1.807) is 0 Å². The van der Waals surface area contributed by atoms with Crippen LogP contribution in [0.3, 0.4) is 0 Å². The lowest BCUT2D eigenvalue weighted by atomic mass is 9.70. The Labute approximate surface area is 147 Å². The molecule has 2 bridgehead atoms. The van der Waals surface area contributed by atoms with Gasteiger partial charge in [-0.05, 0) is 49.5 Å². The van der Waals surface area contributed by atoms with Crippen LogP contribution in [0.4, 0.5) is 0 Å². The third-order valence-electron chi connectivity index (χ3n) is 6.30. The van der Waals surface area contributed by atoms with Gasteiger partial charge in [-0.1, -0.05) is 40.5 Å². The molecule has 2 aliphatic carbocycles. The summed E-state index contributed by atoms with van der Waals surface area (Å²) in [5.74, 6) is 0.690. The van der Waals surface area contributed by atoms with Crippen LogP contribution < -0.4 is 5.73 Å². The summed E-state index contributed by atoms with van der Waals surface area (Å²) in [6.07, 6.45) is 7.15. The van der Waals surface area contributed by atoms with Crippen molar-refractivity contribution >= 4 is 15.9 Å². The number of hydrogen-bond acceptors (Lipinski definition) is 4. The summed E-state index contributed by atoms with van der Waals surface area (Å²) < 4.78 is 31.0. The Morgan fingerprint density at radius 3 is 2.08 bits per heavy atom. The molecule has 6 heteroatoms. The highest BCUT2D eigenvalue weighted by Crippen LogP contribution is 2.64. The molecule has 0 aliphatic heterocycles. The van der Waals surface area contributed by atoms with Crippen molar-refractivity contribution in [2.45, 2.75) is 72.6 Å². The average molecular weight is 362 g/mol. The highest BCUT2D eigenvalue weighted by molar-refractivity contribution is 7.85. The van der Waals surface area contributed by atoms with Crippen LogP contribution in [0.15, 0.2) is 0 Å². The minimum absolute atomic E-state index is 0.0152. The van der Waals surface area contributed by atoms with Gasteiger partial charge in [0, 0.05) is 6.42 Å². The van der Waals surface area contributed by atoms with Crippen molar-refractivity contribution in [2.24, 2.45) is 28.4 Å². The molecule has 0 heterocycles. The molecule has 2 aliphatic rings. The summed E-state index contributed by atoms with van der Waals surface area (Å²) in [5, 5.41) is 0. The first kappa shape index (κ1) is 21.6. The quantitative estimate of drug-likeness (QED) is 0.677. The van der Waals surface area contributed by atoms with Crippen molar-refractivity contribution in [2.75, 3.05) is 12.3 Å². The Bertz CT molecular complexity index is 523. The molecule has 0 aromatic heterocycles. The Balaban J connectivity index is 0.000000277. The molecular weight excluding hydrogens is 326 g/mol. The van der Waals surface area contributed by atoms with Crippen LogP contribution in [-0.4, -0.2) is 31.1 Å². The van der Waals surface area contributed by atoms with Crippen LogP contribution in [0.2, 0.25) is 0 Å². The van der Waals surface area contributed by atoms with E-state index in [0.29, 0.717) is 12.8 Å². The van der Waals surface area contributed by atoms with Crippen molar-refractivity contribution in [1.29, 1.82) is 0 Å². The van der Waals surface area contributed by atoms with Crippen LogP contribution in [-0.2, 0) is 14.9 Å². The van der Waals surface area contributed by atoms with Crippen LogP contribution in [0.5, 0.6) is 0 Å². The molecule has 142 valence electrons. The van der Waals surface area contributed by atoms with E-state index >= 15 is 0 Å². The van der Waals surface area contributed by atoms with Crippen LogP contribution in [0.1, 0.15) is 72.6 Å². The number of nitrogens with two attached hydrogens (primary N) is 1. The van der Waals surface area contributed by atoms with Crippen LogP contribution >= 0.6 is 0 Å². The molecule has 2 fully saturated rings. The highest BCUT2D eigenvalue weighted by Gasteiger charge is 2.65. The number of ketones is 1. The number of fused-ring (bicyclic) bond motifs is 2. The minimum Gasteiger partial charge on any atom is -0.330 e. The van der Waals surface area contributed by atoms with Gasteiger partial charge in [0.05, 0.1) is 11.2 Å². The van der Waals surface area contributed by atoms with E-state index in [0.717, 1.165) is 18.9 Å². The zero-order valence-corrected chi connectivity index (χ0v) is 16.5. The van der Waals surface area contributed by atoms with Gasteiger partial charge < -0.3 is 5.73 Å². The predicted octanol–water partition coefficient (Wildman–Crippen LogP) is 3.43. The molecule has 0 aromatic carbocycles. The molecule has 24 heavy (non-hydrogen) atoms. The first-order chi connectivity index (χ1) is 11.0. The second-order valence-electron chi connectivity index (χ2n) is 8.07. The summed E-state index contributed by atoms with van der Waals surface area (Å²) in [5.41, 5.74) is 4.43. The van der Waals surface area contributed by atoms with Crippen molar-refractivity contribution in [3.63, 3.8) is 0 Å². The fourth-order valence-electron chi connectivity index (χ4n) is 4.62. The van der Waals surface area contributed by atoms with Crippen molar-refractivity contribution in [3.8, 4) is 0 Å². The van der Waals surface area contributed by atoms with Gasteiger partial charge in [0.25, 0.3) is 10.1 Å². The fraction of sp³-hybridized carbons (Fsp3) is 0.944. The van der Waals surface area contributed by atoms with Crippen molar-refractivity contribution in [1.82, 2.24) is 0 Å². The van der Waals surface area contributed by atoms with E-state index in [4.69, 9.17) is 10.3 Å². The minimum atomic E-state index is -4.08. The summed E-state index contributed by atoms with van der Waals surface area (Å²) in [6.45, 7) is 9.21. The summed E-state index contributed by atoms with van der Waals surface area (Å²) in [4.78, 5) is 11.9. The van der Waals surface area contributed by atoms with Gasteiger partial charge in [0.15, 0.2) is 0 Å². The second-order valence-corrected chi connectivity index (χ2v) is 9.52. The number of carbonyl (C=O) groups excluding carboxylic acids is 1. The normalized spacial score (nSPS) is 28.1. The summed E-state index contributed by atoms with van der Waals surface area (Å²) in [6, 6.07) is 0. The molecule has 2 atom stereocenters. The molecule has 5 nitrogen and oxygen atoms in total. The van der Waals surface area contributed by atoms with Crippen molar-refractivity contribution in [3.05, 3.63) is 0 Å². The SMILES string of the molecule is CC1(C)C2CC[C@@]1(CS(=O)(=O)O)C(=O)C2.CCCC(CN)CCC. The van der Waals surface area contributed by atoms with E-state index in [-0.39, 0.29) is 17.1 Å². The largest absolute Gasteiger partial charge is 0.330 e. The molecule has 0 aromatic rings. The van der Waals surface area contributed by atoms with Gasteiger partial charge in [-0.25, -0.2) is 0 Å². The van der Waals surface area contributed by atoms with Gasteiger partial charge in [0.2, 0.25) is 0 Å². The third-order valence-corrected chi connectivity index (χ3v) is 7.15. The average Bonchev–Trinajstić information content (AvgIpc) is 2.80. The highest BCUT2D eigenvalue weighted by atomic mass is 32.2. The van der Waals surface area contributed by atoms with E-state index < -0.39 is 21.3 Å². The van der Waals surface area contributed by atoms with Gasteiger partial charge in [-0.3, -0.25) is 9.35 Å². The summed E-state index contributed by atoms with van der Waals surface area (Å²) in [7, 11) is -4.08. The smallest absolute Gasteiger partial charge is 0.265 e. The predicted molar refractivity (Wildman–Crippen MR) is 97.3 cm³/mol. The van der Waals surface area contributed by atoms with Gasteiger partial charge in [0.1, 0.15) is 5.78 Å². The lowest BCUT2D eigenvalue weighted by Crippen LogP contribution is -2.42. The van der Waals surface area contributed by atoms with Crippen LogP contribution in [0, 0.1) is 22.7 Å². The molecule has 1 unspecified atom stereocenters. The lowest BCUT2D eigenvalue weighted by molar-refractivity contribution is -0.128. The Morgan fingerprint density at radius 2 is 1.79 bits per heavy atom. The molecule has 0 saturated heterocycles. The molecule has 2 saturated carbocycles. The molecule has 0 amide bonds. The number of rotatable bonds is 7. The molecular formula is C18H35NO4S. The molecule has 0 radical (unpaired) electrons. The van der Waals surface area contributed by atoms with E-state index in [9.17, 15) is 13.2 Å². The number of Topliss-reactive ketones (excluding diaryl/α,β-unsaturated/α-hetero) is 1. The zero-order chi connectivity index (χ0) is 18.6. The standard InChI is InChI=1S/C10H16O4S.C8H19N/c1-9(2)7-3-4-10(9,8(11)5-7)6-15(12,13)14;1-3-5-8(7-9)6-4-2/h7H,3-6H2,1-2H3,(H,12,13,14);8H,3-7,9H2,1-2H3/t7?,10-;/m1./s1. The Kier molecular flexibility index (Phi) is 7.45. The van der Waals surface area contributed by atoms with Crippen molar-refractivity contribution < 1.29 is 17.8 Å². The van der Waals surface area contributed by atoms with Gasteiger partial charge in [-0.15, -0.1) is 0 Å². The topological polar surface area (TPSA) is 97.5 Å². The first-order valence-electron chi connectivity index (χ1n) is 9.22. The molecule has 0 spiro atoms. The maximum atomic E-state index is 11.9. The second kappa shape index (κ2) is 8.28. The van der Waals surface area contributed by atoms with E-state index in [1.807, 2.05) is 13.8 Å². The first-order valence-corrected chi connectivity index (χ1v) is 10.8. The fourth-order valence-corrected chi connectivity index (χ4v) is 5.92. The maximum Gasteiger partial charge on any atom is 0.265 e. The van der Waals surface area contributed by atoms with E-state index in [1.165, 1.54) is 25.7 Å².